The zero-order chi connectivity index (χ0) is 23.3. The van der Waals surface area contributed by atoms with E-state index in [1.165, 1.54) is 23.5 Å². The van der Waals surface area contributed by atoms with Crippen LogP contribution in [0, 0.1) is 0 Å². The van der Waals surface area contributed by atoms with Gasteiger partial charge in [-0.1, -0.05) is 18.9 Å². The lowest BCUT2D eigenvalue weighted by Gasteiger charge is -2.21. The highest BCUT2D eigenvalue weighted by molar-refractivity contribution is 7.89. The van der Waals surface area contributed by atoms with E-state index in [-0.39, 0.29) is 28.7 Å². The molecule has 10 heteroatoms. The Morgan fingerprint density at radius 1 is 1.12 bits per heavy atom. The summed E-state index contributed by atoms with van der Waals surface area (Å²) in [4.78, 5) is 17.2. The zero-order valence-electron chi connectivity index (χ0n) is 18.5. The predicted octanol–water partition coefficient (Wildman–Crippen LogP) is 2.77. The molecule has 33 heavy (non-hydrogen) atoms. The van der Waals surface area contributed by atoms with Crippen LogP contribution >= 0.6 is 0 Å². The highest BCUT2D eigenvalue weighted by atomic mass is 32.2. The maximum absolute atomic E-state index is 13.3. The summed E-state index contributed by atoms with van der Waals surface area (Å²) in [6.45, 7) is 1.21. The lowest BCUT2D eigenvalue weighted by molar-refractivity contribution is 0.0950. The number of hydrogen-bond acceptors (Lipinski definition) is 6. The fraction of sp³-hybridized carbons (Fsp3) is 0.348. The van der Waals surface area contributed by atoms with Crippen LogP contribution in [0.15, 0.2) is 59.9 Å². The first-order valence-electron chi connectivity index (χ1n) is 10.9. The van der Waals surface area contributed by atoms with E-state index in [4.69, 9.17) is 4.74 Å². The van der Waals surface area contributed by atoms with Crippen molar-refractivity contribution in [2.45, 2.75) is 37.1 Å². The molecule has 1 fully saturated rings. The number of carbonyl (C=O) groups is 1. The molecular weight excluding hydrogens is 442 g/mol. The first-order chi connectivity index (χ1) is 16.0. The molecule has 0 bridgehead atoms. The monoisotopic (exact) mass is 469 g/mol. The molecule has 0 unspecified atom stereocenters. The standard InChI is InChI=1S/C23H27N5O4S/c1-32-20-9-8-19(15-21(20)33(30,31)27-12-4-2-3-5-13-27)23(29)25-17-18-7-10-22(24-16-18)28-14-6-11-26-28/h6-11,14-16H,2-5,12-13,17H2,1H3,(H,25,29). The van der Waals surface area contributed by atoms with Gasteiger partial charge in [-0.25, -0.2) is 18.1 Å². The number of methoxy groups -OCH3 is 1. The molecule has 0 atom stereocenters. The van der Waals surface area contributed by atoms with Gasteiger partial charge in [-0.2, -0.15) is 9.40 Å². The van der Waals surface area contributed by atoms with Crippen molar-refractivity contribution in [3.05, 3.63) is 66.1 Å². The molecular formula is C23H27N5O4S. The van der Waals surface area contributed by atoms with Gasteiger partial charge >= 0.3 is 0 Å². The lowest BCUT2D eigenvalue weighted by atomic mass is 10.2. The minimum atomic E-state index is -3.77. The molecule has 1 amide bonds. The molecule has 1 aromatic carbocycles. The molecule has 0 spiro atoms. The van der Waals surface area contributed by atoms with Crippen LogP contribution in [0.1, 0.15) is 41.6 Å². The quantitative estimate of drug-likeness (QED) is 0.570. The van der Waals surface area contributed by atoms with Gasteiger partial charge in [0.1, 0.15) is 10.6 Å². The van der Waals surface area contributed by atoms with Crippen molar-refractivity contribution >= 4 is 15.9 Å². The number of ether oxygens (including phenoxy) is 1. The van der Waals surface area contributed by atoms with Crippen LogP contribution in [-0.4, -0.2) is 53.6 Å². The summed E-state index contributed by atoms with van der Waals surface area (Å²) in [5, 5.41) is 6.96. The van der Waals surface area contributed by atoms with E-state index < -0.39 is 10.0 Å². The van der Waals surface area contributed by atoms with Gasteiger partial charge < -0.3 is 10.1 Å². The first kappa shape index (κ1) is 22.9. The maximum Gasteiger partial charge on any atom is 0.251 e. The lowest BCUT2D eigenvalue weighted by Crippen LogP contribution is -2.32. The van der Waals surface area contributed by atoms with E-state index in [0.717, 1.165) is 31.2 Å². The Balaban J connectivity index is 1.49. The van der Waals surface area contributed by atoms with Crippen molar-refractivity contribution in [1.29, 1.82) is 0 Å². The SMILES string of the molecule is COc1ccc(C(=O)NCc2ccc(-n3cccn3)nc2)cc1S(=O)(=O)N1CCCCCC1. The number of hydrogen-bond donors (Lipinski definition) is 1. The van der Waals surface area contributed by atoms with Gasteiger partial charge in [0, 0.05) is 43.8 Å². The minimum Gasteiger partial charge on any atom is -0.495 e. The topological polar surface area (TPSA) is 106 Å². The number of benzene rings is 1. The van der Waals surface area contributed by atoms with Gasteiger partial charge in [0.25, 0.3) is 5.91 Å². The Kier molecular flexibility index (Phi) is 7.05. The van der Waals surface area contributed by atoms with E-state index in [2.05, 4.69) is 15.4 Å². The zero-order valence-corrected chi connectivity index (χ0v) is 19.3. The molecule has 0 aliphatic carbocycles. The molecule has 1 saturated heterocycles. The van der Waals surface area contributed by atoms with Crippen LogP contribution in [0.2, 0.25) is 0 Å². The summed E-state index contributed by atoms with van der Waals surface area (Å²) in [6, 6.07) is 9.97. The number of sulfonamides is 1. The number of carbonyl (C=O) groups excluding carboxylic acids is 1. The molecule has 4 rings (SSSR count). The highest BCUT2D eigenvalue weighted by Crippen LogP contribution is 2.29. The third kappa shape index (κ3) is 5.23. The Morgan fingerprint density at radius 3 is 2.55 bits per heavy atom. The molecule has 0 saturated carbocycles. The van der Waals surface area contributed by atoms with Gasteiger partial charge in [0.15, 0.2) is 5.82 Å². The fourth-order valence-electron chi connectivity index (χ4n) is 3.79. The Labute approximate surface area is 193 Å². The average Bonchev–Trinajstić information content (AvgIpc) is 3.24. The van der Waals surface area contributed by atoms with Crippen LogP contribution in [0.3, 0.4) is 0 Å². The van der Waals surface area contributed by atoms with Gasteiger partial charge in [-0.3, -0.25) is 4.79 Å². The van der Waals surface area contributed by atoms with Crippen molar-refractivity contribution < 1.29 is 17.9 Å². The van der Waals surface area contributed by atoms with E-state index in [1.807, 2.05) is 18.2 Å². The van der Waals surface area contributed by atoms with Crippen LogP contribution in [0.5, 0.6) is 5.75 Å². The summed E-state index contributed by atoms with van der Waals surface area (Å²) in [5.41, 5.74) is 1.07. The highest BCUT2D eigenvalue weighted by Gasteiger charge is 2.29. The third-order valence-corrected chi connectivity index (χ3v) is 7.53. The Morgan fingerprint density at radius 2 is 1.91 bits per heavy atom. The van der Waals surface area contributed by atoms with E-state index >= 15 is 0 Å². The minimum absolute atomic E-state index is 0.0183. The number of amides is 1. The second-order valence-electron chi connectivity index (χ2n) is 7.84. The summed E-state index contributed by atoms with van der Waals surface area (Å²) in [6.07, 6.45) is 8.83. The number of pyridine rings is 1. The molecule has 3 heterocycles. The summed E-state index contributed by atoms with van der Waals surface area (Å²) < 4.78 is 35.0. The first-order valence-corrected chi connectivity index (χ1v) is 12.3. The molecule has 1 aliphatic rings. The van der Waals surface area contributed by atoms with E-state index in [9.17, 15) is 13.2 Å². The number of nitrogens with zero attached hydrogens (tertiary/aromatic N) is 4. The smallest absolute Gasteiger partial charge is 0.251 e. The molecule has 9 nitrogen and oxygen atoms in total. The van der Waals surface area contributed by atoms with Gasteiger partial charge in [0.05, 0.1) is 7.11 Å². The van der Waals surface area contributed by atoms with Crippen LogP contribution in [-0.2, 0) is 16.6 Å². The molecule has 3 aromatic rings. The van der Waals surface area contributed by atoms with Gasteiger partial charge in [0.2, 0.25) is 10.0 Å². The third-order valence-electron chi connectivity index (χ3n) is 5.61. The molecule has 0 radical (unpaired) electrons. The van der Waals surface area contributed by atoms with Gasteiger partial charge in [-0.15, -0.1) is 0 Å². The fourth-order valence-corrected chi connectivity index (χ4v) is 5.48. The normalized spacial score (nSPS) is 15.1. The van der Waals surface area contributed by atoms with Crippen LogP contribution < -0.4 is 10.1 Å². The van der Waals surface area contributed by atoms with E-state index in [0.29, 0.717) is 18.9 Å². The predicted molar refractivity (Wildman–Crippen MR) is 123 cm³/mol. The number of nitrogens with one attached hydrogen (secondary N) is 1. The number of rotatable bonds is 7. The van der Waals surface area contributed by atoms with Crippen LogP contribution in [0.4, 0.5) is 0 Å². The largest absolute Gasteiger partial charge is 0.495 e. The summed E-state index contributed by atoms with van der Waals surface area (Å²) in [7, 11) is -2.34. The van der Waals surface area contributed by atoms with E-state index in [1.54, 1.807) is 29.3 Å². The van der Waals surface area contributed by atoms with Crippen molar-refractivity contribution in [1.82, 2.24) is 24.4 Å². The maximum atomic E-state index is 13.3. The Hall–Kier alpha value is -3.24. The molecule has 1 N–H and O–H groups in total. The van der Waals surface area contributed by atoms with Gasteiger partial charge in [-0.05, 0) is 48.7 Å². The Bertz CT molecular complexity index is 1190. The average molecular weight is 470 g/mol. The molecule has 174 valence electrons. The second-order valence-corrected chi connectivity index (χ2v) is 9.75. The van der Waals surface area contributed by atoms with Crippen molar-refractivity contribution in [3.63, 3.8) is 0 Å². The number of aromatic nitrogens is 3. The summed E-state index contributed by atoms with van der Waals surface area (Å²) in [5.74, 6) is 0.531. The molecule has 1 aliphatic heterocycles. The summed E-state index contributed by atoms with van der Waals surface area (Å²) >= 11 is 0. The van der Waals surface area contributed by atoms with Crippen molar-refractivity contribution in [3.8, 4) is 11.6 Å². The van der Waals surface area contributed by atoms with Crippen LogP contribution in [0.25, 0.3) is 5.82 Å². The van der Waals surface area contributed by atoms with Crippen molar-refractivity contribution in [2.24, 2.45) is 0 Å². The molecule has 2 aromatic heterocycles. The van der Waals surface area contributed by atoms with Crippen molar-refractivity contribution in [2.75, 3.05) is 20.2 Å². The second kappa shape index (κ2) is 10.1.